The van der Waals surface area contributed by atoms with Crippen LogP contribution in [0.3, 0.4) is 0 Å². The molecule has 0 aliphatic carbocycles. The van der Waals surface area contributed by atoms with Gasteiger partial charge in [0.1, 0.15) is 0 Å². The van der Waals surface area contributed by atoms with Gasteiger partial charge in [-0.3, -0.25) is 0 Å². The lowest BCUT2D eigenvalue weighted by Gasteiger charge is -1.76. The van der Waals surface area contributed by atoms with E-state index in [1.807, 2.05) is 0 Å². The molecule has 0 rings (SSSR count). The lowest BCUT2D eigenvalue weighted by Crippen LogP contribution is -1.49. The molecule has 0 N–H and O–H groups in total. The third-order valence-electron chi connectivity index (χ3n) is 0. The maximum absolute atomic E-state index is 3.20. The van der Waals surface area contributed by atoms with E-state index in [1.165, 1.54) is 0 Å². The van der Waals surface area contributed by atoms with E-state index in [2.05, 4.69) is 34.4 Å². The Labute approximate surface area is 39.3 Å². The van der Waals surface area contributed by atoms with Crippen LogP contribution in [0.15, 0.2) is 0 Å². The van der Waals surface area contributed by atoms with E-state index in [0.717, 1.165) is 0 Å². The van der Waals surface area contributed by atoms with Gasteiger partial charge in [0, 0.05) is 4.31 Å². The lowest BCUT2D eigenvalue weighted by molar-refractivity contribution is 2.16. The van der Waals surface area contributed by atoms with Crippen molar-refractivity contribution < 1.29 is 0 Å². The van der Waals surface area contributed by atoms with Crippen LogP contribution in [-0.4, -0.2) is 4.31 Å². The minimum absolute atomic E-state index is 0.479. The third-order valence-corrected chi connectivity index (χ3v) is 0. The number of rotatable bonds is 0. The van der Waals surface area contributed by atoms with Gasteiger partial charge in [-0.05, 0) is 0 Å². The predicted molar refractivity (Wildman–Crippen MR) is 32.1 cm³/mol. The quantitative estimate of drug-likeness (QED) is 0.370. The molecule has 0 saturated carbocycles. The van der Waals surface area contributed by atoms with E-state index in [0.29, 0.717) is 4.31 Å². The second-order valence-corrected chi connectivity index (χ2v) is 5.66. The molecule has 2 unspecified atom stereocenters. The SMILES string of the molecule is PC(P)Br. The molecule has 0 fully saturated rings. The second kappa shape index (κ2) is 2.57. The van der Waals surface area contributed by atoms with Crippen molar-refractivity contribution >= 4 is 34.4 Å². The Balaban J connectivity index is 2.32. The minimum atomic E-state index is 0.479. The van der Waals surface area contributed by atoms with Crippen molar-refractivity contribution in [3.8, 4) is 0 Å². The largest absolute Gasteiger partial charge is 0.119 e. The van der Waals surface area contributed by atoms with E-state index in [9.17, 15) is 0 Å². The van der Waals surface area contributed by atoms with Crippen molar-refractivity contribution in [3.05, 3.63) is 0 Å². The summed E-state index contributed by atoms with van der Waals surface area (Å²) in [7, 11) is 5.07. The van der Waals surface area contributed by atoms with Gasteiger partial charge in [0.2, 0.25) is 0 Å². The molecule has 3 heteroatoms. The Bertz CT molecular complexity index is 10.8. The normalized spacial score (nSPS) is 9.00. The molecule has 4 heavy (non-hydrogen) atoms. The van der Waals surface area contributed by atoms with Crippen LogP contribution in [0, 0.1) is 0 Å². The molecule has 0 aliphatic heterocycles. The first-order valence-corrected chi connectivity index (χ1v) is 3.13. The highest BCUT2D eigenvalue weighted by molar-refractivity contribution is 9.11. The highest BCUT2D eigenvalue weighted by atomic mass is 79.9. The number of halogens is 1. The third kappa shape index (κ3) is 10.2. The summed E-state index contributed by atoms with van der Waals surface area (Å²) in [6, 6.07) is 0. The van der Waals surface area contributed by atoms with Gasteiger partial charge >= 0.3 is 0 Å². The van der Waals surface area contributed by atoms with E-state index in [4.69, 9.17) is 0 Å². The molecule has 0 bridgehead atoms. The molecule has 0 radical (unpaired) electrons. The molecule has 0 spiro atoms. The molecule has 0 heterocycles. The summed E-state index contributed by atoms with van der Waals surface area (Å²) >= 11 is 3.20. The van der Waals surface area contributed by atoms with Crippen molar-refractivity contribution in [1.82, 2.24) is 0 Å². The molecule has 26 valence electrons. The van der Waals surface area contributed by atoms with Crippen LogP contribution in [0.5, 0.6) is 0 Å². The van der Waals surface area contributed by atoms with Gasteiger partial charge in [0.15, 0.2) is 0 Å². The van der Waals surface area contributed by atoms with E-state index in [-0.39, 0.29) is 0 Å². The van der Waals surface area contributed by atoms with Crippen molar-refractivity contribution in [3.63, 3.8) is 0 Å². The molecule has 0 aromatic carbocycles. The Morgan fingerprint density at radius 3 is 1.50 bits per heavy atom. The molecule has 0 aromatic rings. The summed E-state index contributed by atoms with van der Waals surface area (Å²) in [5, 5.41) is 0. The molecule has 0 saturated heterocycles. The monoisotopic (exact) mass is 158 g/mol. The van der Waals surface area contributed by atoms with Crippen LogP contribution in [0.25, 0.3) is 0 Å². The highest BCUT2D eigenvalue weighted by Gasteiger charge is 1.70. The van der Waals surface area contributed by atoms with Gasteiger partial charge in [0.25, 0.3) is 0 Å². The number of hydrogen-bond acceptors (Lipinski definition) is 0. The van der Waals surface area contributed by atoms with E-state index < -0.39 is 0 Å². The lowest BCUT2D eigenvalue weighted by atomic mass is 11.9. The average molecular weight is 159 g/mol. The molecular weight excluding hydrogens is 154 g/mol. The summed E-state index contributed by atoms with van der Waals surface area (Å²) in [6.07, 6.45) is 0. The van der Waals surface area contributed by atoms with Crippen molar-refractivity contribution in [2.24, 2.45) is 0 Å². The molecule has 0 aliphatic rings. The van der Waals surface area contributed by atoms with Crippen LogP contribution >= 0.6 is 34.4 Å². The predicted octanol–water partition coefficient (Wildman–Crippen LogP) is 1.42. The van der Waals surface area contributed by atoms with Crippen LogP contribution < -0.4 is 0 Å². The van der Waals surface area contributed by atoms with Crippen LogP contribution in [0.2, 0.25) is 0 Å². The fraction of sp³-hybridized carbons (Fsp3) is 1.00. The van der Waals surface area contributed by atoms with Gasteiger partial charge in [-0.2, -0.15) is 0 Å². The van der Waals surface area contributed by atoms with Gasteiger partial charge in [-0.1, -0.05) is 15.9 Å². The van der Waals surface area contributed by atoms with Crippen molar-refractivity contribution in [2.75, 3.05) is 0 Å². The number of alkyl halides is 1. The summed E-state index contributed by atoms with van der Waals surface area (Å²) in [5.74, 6) is 0. The average Bonchev–Trinajstić information content (AvgIpc) is 0.811. The van der Waals surface area contributed by atoms with Gasteiger partial charge in [-0.15, -0.1) is 18.5 Å². The number of hydrogen-bond donors (Lipinski definition) is 0. The van der Waals surface area contributed by atoms with Gasteiger partial charge in [0.05, 0.1) is 0 Å². The van der Waals surface area contributed by atoms with E-state index >= 15 is 0 Å². The maximum atomic E-state index is 3.20. The zero-order valence-corrected chi connectivity index (χ0v) is 6.01. The fourth-order valence-electron chi connectivity index (χ4n) is 0. The molecule has 2 atom stereocenters. The maximum Gasteiger partial charge on any atom is 0.0427 e. The van der Waals surface area contributed by atoms with E-state index in [1.54, 1.807) is 0 Å². The fourth-order valence-corrected chi connectivity index (χ4v) is 0. The van der Waals surface area contributed by atoms with Crippen LogP contribution in [-0.2, 0) is 0 Å². The molecule has 0 amide bonds. The van der Waals surface area contributed by atoms with Crippen LogP contribution in [0.4, 0.5) is 0 Å². The second-order valence-electron chi connectivity index (χ2n) is 0.444. The summed E-state index contributed by atoms with van der Waals surface area (Å²) in [5.41, 5.74) is 0. The summed E-state index contributed by atoms with van der Waals surface area (Å²) in [6.45, 7) is 0. The Hall–Kier alpha value is 1.34. The molecular formula is CH5BrP2. The zero-order valence-electron chi connectivity index (χ0n) is 2.11. The zero-order chi connectivity index (χ0) is 3.58. The standard InChI is InChI=1S/CH5BrP2/c2-1(3)4/h1H,3-4H2. The Morgan fingerprint density at radius 2 is 1.50 bits per heavy atom. The molecule has 0 aromatic heterocycles. The summed E-state index contributed by atoms with van der Waals surface area (Å²) < 4.78 is 0.479. The first-order valence-electron chi connectivity index (χ1n) is 0.885. The van der Waals surface area contributed by atoms with Gasteiger partial charge < -0.3 is 0 Å². The summed E-state index contributed by atoms with van der Waals surface area (Å²) in [4.78, 5) is 0. The Kier molecular flexibility index (Phi) is 3.43. The minimum Gasteiger partial charge on any atom is -0.119 e. The van der Waals surface area contributed by atoms with Crippen molar-refractivity contribution in [2.45, 2.75) is 4.31 Å². The first kappa shape index (κ1) is 5.34. The van der Waals surface area contributed by atoms with Crippen LogP contribution in [0.1, 0.15) is 0 Å². The Morgan fingerprint density at radius 1 is 1.50 bits per heavy atom. The van der Waals surface area contributed by atoms with Gasteiger partial charge in [-0.25, -0.2) is 0 Å². The topological polar surface area (TPSA) is 0 Å². The first-order chi connectivity index (χ1) is 1.73. The smallest absolute Gasteiger partial charge is 0.0427 e. The highest BCUT2D eigenvalue weighted by Crippen LogP contribution is 2.14. The molecule has 0 nitrogen and oxygen atoms in total. The van der Waals surface area contributed by atoms with Crippen molar-refractivity contribution in [1.29, 1.82) is 0 Å².